The van der Waals surface area contributed by atoms with Gasteiger partial charge in [-0.1, -0.05) is 101 Å². The minimum atomic E-state index is -1.38. The van der Waals surface area contributed by atoms with Crippen molar-refractivity contribution in [2.45, 2.75) is 61.0 Å². The fourth-order valence-corrected chi connectivity index (χ4v) is 5.98. The van der Waals surface area contributed by atoms with Gasteiger partial charge in [-0.05, 0) is 101 Å². The highest BCUT2D eigenvalue weighted by Crippen LogP contribution is 2.42. The number of benzene rings is 5. The Kier molecular flexibility index (Phi) is 9.38. The first-order valence-electron chi connectivity index (χ1n) is 14.8. The van der Waals surface area contributed by atoms with Gasteiger partial charge in [-0.15, -0.1) is 6.42 Å². The summed E-state index contributed by atoms with van der Waals surface area (Å²) in [7, 11) is 0. The molecule has 44 heavy (non-hydrogen) atoms. The van der Waals surface area contributed by atoms with Gasteiger partial charge in [-0.3, -0.25) is 0 Å². The molecule has 0 amide bonds. The average molecular weight is 583 g/mol. The number of terminal acetylenes is 1. The van der Waals surface area contributed by atoms with Gasteiger partial charge in [0, 0.05) is 22.3 Å². The predicted molar refractivity (Wildman–Crippen MR) is 183 cm³/mol. The van der Waals surface area contributed by atoms with Gasteiger partial charge in [0.05, 0.1) is 0 Å². The van der Waals surface area contributed by atoms with Crippen LogP contribution in [0.15, 0.2) is 84.9 Å². The van der Waals surface area contributed by atoms with E-state index in [0.717, 1.165) is 55.6 Å². The van der Waals surface area contributed by atoms with Crippen LogP contribution in [-0.4, -0.2) is 15.3 Å². The third kappa shape index (κ3) is 6.57. The van der Waals surface area contributed by atoms with E-state index in [4.69, 9.17) is 6.42 Å². The number of rotatable bonds is 4. The number of hydrogen-bond acceptors (Lipinski definition) is 3. The third-order valence-electron chi connectivity index (χ3n) is 8.21. The summed E-state index contributed by atoms with van der Waals surface area (Å²) < 4.78 is 0. The van der Waals surface area contributed by atoms with E-state index in [9.17, 15) is 15.3 Å². The van der Waals surface area contributed by atoms with E-state index in [1.54, 1.807) is 12.1 Å². The second kappa shape index (κ2) is 12.8. The highest BCUT2D eigenvalue weighted by Gasteiger charge is 2.32. The Balaban J connectivity index is 0.000000204. The number of aryl methyl sites for hydroxylation is 8. The molecule has 0 aromatic heterocycles. The Hall–Kier alpha value is -4.78. The molecule has 0 saturated heterocycles. The highest BCUT2D eigenvalue weighted by atomic mass is 16.3. The van der Waals surface area contributed by atoms with E-state index in [1.807, 2.05) is 116 Å². The SMILES string of the molecule is C#CC(O)(c1ccc(C)cc1C)c1ccc(C)cc1C.Cc1ccc(-c2cc(O)c(-c3ccc(C)cc3C)cc2O)c(C)c1. The van der Waals surface area contributed by atoms with Crippen LogP contribution in [-0.2, 0) is 5.60 Å². The Morgan fingerprint density at radius 2 is 0.773 bits per heavy atom. The summed E-state index contributed by atoms with van der Waals surface area (Å²) in [5.74, 6) is 2.94. The molecule has 0 radical (unpaired) electrons. The molecule has 5 aromatic rings. The first-order valence-corrected chi connectivity index (χ1v) is 14.8. The van der Waals surface area contributed by atoms with Crippen LogP contribution < -0.4 is 0 Å². The van der Waals surface area contributed by atoms with Gasteiger partial charge in [0.15, 0.2) is 5.60 Å². The molecule has 0 atom stereocenters. The predicted octanol–water partition coefficient (Wildman–Crippen LogP) is 9.45. The van der Waals surface area contributed by atoms with E-state index < -0.39 is 5.60 Å². The summed E-state index contributed by atoms with van der Waals surface area (Å²) in [4.78, 5) is 0. The molecule has 0 aliphatic heterocycles. The van der Waals surface area contributed by atoms with Crippen molar-refractivity contribution in [3.63, 3.8) is 0 Å². The summed E-state index contributed by atoms with van der Waals surface area (Å²) >= 11 is 0. The summed E-state index contributed by atoms with van der Waals surface area (Å²) in [6.45, 7) is 16.1. The van der Waals surface area contributed by atoms with Crippen molar-refractivity contribution in [1.82, 2.24) is 0 Å². The van der Waals surface area contributed by atoms with Crippen molar-refractivity contribution in [2.24, 2.45) is 0 Å². The van der Waals surface area contributed by atoms with Crippen LogP contribution in [0.4, 0.5) is 0 Å². The summed E-state index contributed by atoms with van der Waals surface area (Å²) in [5, 5.41) is 32.2. The number of phenols is 2. The summed E-state index contributed by atoms with van der Waals surface area (Å²) in [6.07, 6.45) is 5.68. The quantitative estimate of drug-likeness (QED) is 0.146. The first-order chi connectivity index (χ1) is 20.7. The van der Waals surface area contributed by atoms with Gasteiger partial charge in [0.2, 0.25) is 0 Å². The van der Waals surface area contributed by atoms with Gasteiger partial charge in [0.1, 0.15) is 11.5 Å². The topological polar surface area (TPSA) is 60.7 Å². The zero-order chi connectivity index (χ0) is 32.3. The zero-order valence-electron chi connectivity index (χ0n) is 27.0. The van der Waals surface area contributed by atoms with Crippen LogP contribution in [0, 0.1) is 67.7 Å². The molecule has 5 aromatic carbocycles. The molecular formula is C41H42O3. The number of aromatic hydroxyl groups is 2. The van der Waals surface area contributed by atoms with Crippen LogP contribution in [0.1, 0.15) is 55.6 Å². The minimum absolute atomic E-state index is 0.176. The van der Waals surface area contributed by atoms with Gasteiger partial charge < -0.3 is 15.3 Å². The highest BCUT2D eigenvalue weighted by molar-refractivity contribution is 5.83. The van der Waals surface area contributed by atoms with Crippen molar-refractivity contribution in [3.8, 4) is 46.1 Å². The Morgan fingerprint density at radius 3 is 1.07 bits per heavy atom. The molecule has 5 rings (SSSR count). The molecule has 0 fully saturated rings. The Bertz CT molecular complexity index is 1760. The molecular weight excluding hydrogens is 540 g/mol. The fraction of sp³-hybridized carbons (Fsp3) is 0.220. The lowest BCUT2D eigenvalue weighted by molar-refractivity contribution is 0.144. The molecule has 0 bridgehead atoms. The molecule has 224 valence electrons. The Morgan fingerprint density at radius 1 is 0.455 bits per heavy atom. The third-order valence-corrected chi connectivity index (χ3v) is 8.21. The second-order valence-electron chi connectivity index (χ2n) is 12.0. The van der Waals surface area contributed by atoms with Crippen molar-refractivity contribution in [2.75, 3.05) is 0 Å². The van der Waals surface area contributed by atoms with Crippen LogP contribution >= 0.6 is 0 Å². The van der Waals surface area contributed by atoms with Crippen molar-refractivity contribution < 1.29 is 15.3 Å². The van der Waals surface area contributed by atoms with E-state index in [1.165, 1.54) is 11.1 Å². The maximum absolute atomic E-state index is 11.1. The largest absolute Gasteiger partial charge is 0.507 e. The molecule has 0 aliphatic carbocycles. The molecule has 0 saturated carbocycles. The lowest BCUT2D eigenvalue weighted by Gasteiger charge is -2.27. The van der Waals surface area contributed by atoms with Gasteiger partial charge in [-0.2, -0.15) is 0 Å². The van der Waals surface area contributed by atoms with Crippen molar-refractivity contribution >= 4 is 0 Å². The fourth-order valence-electron chi connectivity index (χ4n) is 5.98. The normalized spacial score (nSPS) is 11.0. The second-order valence-corrected chi connectivity index (χ2v) is 12.0. The van der Waals surface area contributed by atoms with Crippen molar-refractivity contribution in [3.05, 3.63) is 141 Å². The summed E-state index contributed by atoms with van der Waals surface area (Å²) in [5.41, 5.74) is 12.2. The van der Waals surface area contributed by atoms with Gasteiger partial charge in [-0.25, -0.2) is 0 Å². The first kappa shape index (κ1) is 32.1. The molecule has 3 heteroatoms. The molecule has 3 nitrogen and oxygen atoms in total. The average Bonchev–Trinajstić information content (AvgIpc) is 2.94. The van der Waals surface area contributed by atoms with Crippen LogP contribution in [0.25, 0.3) is 22.3 Å². The van der Waals surface area contributed by atoms with E-state index in [-0.39, 0.29) is 11.5 Å². The van der Waals surface area contributed by atoms with Crippen LogP contribution in [0.2, 0.25) is 0 Å². The van der Waals surface area contributed by atoms with Crippen molar-refractivity contribution in [1.29, 1.82) is 0 Å². The Labute approximate surface area is 262 Å². The molecule has 0 unspecified atom stereocenters. The molecule has 0 spiro atoms. The van der Waals surface area contributed by atoms with Crippen LogP contribution in [0.3, 0.4) is 0 Å². The monoisotopic (exact) mass is 582 g/mol. The maximum Gasteiger partial charge on any atom is 0.177 e. The number of hydrogen-bond donors (Lipinski definition) is 3. The van der Waals surface area contributed by atoms with Gasteiger partial charge in [0.25, 0.3) is 0 Å². The number of aliphatic hydroxyl groups is 1. The smallest absolute Gasteiger partial charge is 0.177 e. The maximum atomic E-state index is 11.1. The molecule has 0 aliphatic rings. The molecule has 0 heterocycles. The van der Waals surface area contributed by atoms with Gasteiger partial charge >= 0.3 is 0 Å². The minimum Gasteiger partial charge on any atom is -0.507 e. The van der Waals surface area contributed by atoms with E-state index in [2.05, 4.69) is 18.1 Å². The zero-order valence-corrected chi connectivity index (χ0v) is 27.0. The molecule has 3 N–H and O–H groups in total. The summed E-state index contributed by atoms with van der Waals surface area (Å²) in [6, 6.07) is 27.3. The van der Waals surface area contributed by atoms with Crippen LogP contribution in [0.5, 0.6) is 11.5 Å². The van der Waals surface area contributed by atoms with E-state index >= 15 is 0 Å². The lowest BCUT2D eigenvalue weighted by Crippen LogP contribution is -2.27. The van der Waals surface area contributed by atoms with E-state index in [0.29, 0.717) is 11.1 Å². The lowest BCUT2D eigenvalue weighted by atomic mass is 9.81. The number of phenolic OH excluding ortho intramolecular Hbond substituents is 2. The standard InChI is InChI=1S/C22H22O2.C19H20O/c1-13-5-7-17(15(3)9-13)19-11-22(24)20(12-21(19)23)18-8-6-14(2)10-16(18)4;1-6-19(20,17-9-7-13(2)11-15(17)4)18-10-8-14(3)12-16(18)5/h5-12,23-24H,1-4H3;1,7-12,20H,2-5H3.